The number of rotatable bonds is 7. The molecule has 2 amide bonds. The standard InChI is InChI=1S/C28H19BrN2O5S/c29-22-12-13-25(36-17-20-7-2-4-11-24(20)31(34)35)21(14-22)15-26-27(32)30(28(33)37-26)16-19-9-5-8-18-6-1-3-10-23(18)19/h1-15H,16-17H2/b26-15-. The van der Waals surface area contributed by atoms with Gasteiger partial charge in [-0.3, -0.25) is 24.6 Å². The number of fused-ring (bicyclic) bond motifs is 1. The van der Waals surface area contributed by atoms with E-state index in [1.54, 1.807) is 42.5 Å². The second-order valence-electron chi connectivity index (χ2n) is 8.26. The molecule has 0 spiro atoms. The Labute approximate surface area is 225 Å². The molecule has 1 fully saturated rings. The first-order valence-electron chi connectivity index (χ1n) is 11.3. The molecule has 0 radical (unpaired) electrons. The number of imide groups is 1. The first-order valence-corrected chi connectivity index (χ1v) is 12.9. The Morgan fingerprint density at radius 2 is 1.68 bits per heavy atom. The van der Waals surface area contributed by atoms with Gasteiger partial charge in [0.25, 0.3) is 16.8 Å². The lowest BCUT2D eigenvalue weighted by Crippen LogP contribution is -2.27. The summed E-state index contributed by atoms with van der Waals surface area (Å²) in [5.41, 5.74) is 1.86. The molecule has 1 aliphatic rings. The van der Waals surface area contributed by atoms with E-state index in [9.17, 15) is 19.7 Å². The van der Waals surface area contributed by atoms with Gasteiger partial charge in [0.15, 0.2) is 0 Å². The van der Waals surface area contributed by atoms with E-state index in [0.717, 1.165) is 32.6 Å². The Morgan fingerprint density at radius 1 is 0.946 bits per heavy atom. The van der Waals surface area contributed by atoms with Crippen LogP contribution in [0.2, 0.25) is 0 Å². The summed E-state index contributed by atoms with van der Waals surface area (Å²) in [4.78, 5) is 38.5. The van der Waals surface area contributed by atoms with E-state index in [1.807, 2.05) is 42.5 Å². The summed E-state index contributed by atoms with van der Waals surface area (Å²) in [6, 6.07) is 25.3. The van der Waals surface area contributed by atoms with Crippen LogP contribution in [0.4, 0.5) is 10.5 Å². The Morgan fingerprint density at radius 3 is 2.51 bits per heavy atom. The monoisotopic (exact) mass is 574 g/mol. The van der Waals surface area contributed by atoms with Gasteiger partial charge in [0, 0.05) is 16.1 Å². The fraction of sp³-hybridized carbons (Fsp3) is 0.0714. The smallest absolute Gasteiger partial charge is 0.293 e. The number of hydrogen-bond donors (Lipinski definition) is 0. The van der Waals surface area contributed by atoms with Crippen LogP contribution in [0.1, 0.15) is 16.7 Å². The highest BCUT2D eigenvalue weighted by molar-refractivity contribution is 9.10. The van der Waals surface area contributed by atoms with E-state index >= 15 is 0 Å². The van der Waals surface area contributed by atoms with Gasteiger partial charge in [-0.05, 0) is 58.4 Å². The summed E-state index contributed by atoms with van der Waals surface area (Å²) in [5, 5.41) is 13.0. The minimum absolute atomic E-state index is 0.0256. The summed E-state index contributed by atoms with van der Waals surface area (Å²) in [7, 11) is 0. The van der Waals surface area contributed by atoms with Gasteiger partial charge in [0.2, 0.25) is 0 Å². The number of para-hydroxylation sites is 1. The van der Waals surface area contributed by atoms with Crippen molar-refractivity contribution in [2.24, 2.45) is 0 Å². The van der Waals surface area contributed by atoms with Crippen LogP contribution >= 0.6 is 27.7 Å². The van der Waals surface area contributed by atoms with Gasteiger partial charge < -0.3 is 4.74 Å². The van der Waals surface area contributed by atoms with Crippen molar-refractivity contribution in [3.8, 4) is 5.75 Å². The zero-order valence-electron chi connectivity index (χ0n) is 19.3. The van der Waals surface area contributed by atoms with E-state index in [1.165, 1.54) is 11.0 Å². The molecule has 4 aromatic rings. The molecule has 4 aromatic carbocycles. The van der Waals surface area contributed by atoms with Crippen molar-refractivity contribution >= 4 is 61.4 Å². The van der Waals surface area contributed by atoms with Gasteiger partial charge in [-0.1, -0.05) is 70.5 Å². The second-order valence-corrected chi connectivity index (χ2v) is 10.2. The first-order chi connectivity index (χ1) is 17.9. The average Bonchev–Trinajstić information content (AvgIpc) is 3.16. The maximum atomic E-state index is 13.2. The molecule has 1 aliphatic heterocycles. The predicted molar refractivity (Wildman–Crippen MR) is 147 cm³/mol. The van der Waals surface area contributed by atoms with Crippen LogP contribution in [0.3, 0.4) is 0 Å². The Bertz CT molecular complexity index is 1580. The topological polar surface area (TPSA) is 89.7 Å². The maximum Gasteiger partial charge on any atom is 0.293 e. The molecular weight excluding hydrogens is 556 g/mol. The maximum absolute atomic E-state index is 13.2. The lowest BCUT2D eigenvalue weighted by atomic mass is 10.0. The molecule has 1 saturated heterocycles. The summed E-state index contributed by atoms with van der Waals surface area (Å²) in [5.74, 6) is 0.0507. The third-order valence-electron chi connectivity index (χ3n) is 5.91. The Balaban J connectivity index is 1.40. The lowest BCUT2D eigenvalue weighted by Gasteiger charge is -2.14. The SMILES string of the molecule is O=C1S/C(=C\c2cc(Br)ccc2OCc2ccccc2[N+](=O)[O-])C(=O)N1Cc1cccc2ccccc12. The molecule has 0 aliphatic carbocycles. The number of carbonyl (C=O) groups excluding carboxylic acids is 2. The van der Waals surface area contributed by atoms with Crippen molar-refractivity contribution in [2.75, 3.05) is 0 Å². The van der Waals surface area contributed by atoms with E-state index in [4.69, 9.17) is 4.74 Å². The highest BCUT2D eigenvalue weighted by atomic mass is 79.9. The molecule has 7 nitrogen and oxygen atoms in total. The molecule has 184 valence electrons. The Hall–Kier alpha value is -3.95. The first kappa shape index (κ1) is 24.7. The van der Waals surface area contributed by atoms with Crippen molar-refractivity contribution in [1.82, 2.24) is 4.90 Å². The number of benzene rings is 4. The van der Waals surface area contributed by atoms with Gasteiger partial charge >= 0.3 is 0 Å². The summed E-state index contributed by atoms with van der Waals surface area (Å²) < 4.78 is 6.68. The Kier molecular flexibility index (Phi) is 7.07. The largest absolute Gasteiger partial charge is 0.488 e. The molecular formula is C28H19BrN2O5S. The molecule has 0 aromatic heterocycles. The molecule has 0 saturated carbocycles. The number of nitro groups is 1. The number of ether oxygens (including phenoxy) is 1. The van der Waals surface area contributed by atoms with Crippen molar-refractivity contribution in [3.63, 3.8) is 0 Å². The van der Waals surface area contributed by atoms with Gasteiger partial charge in [-0.15, -0.1) is 0 Å². The van der Waals surface area contributed by atoms with Crippen LogP contribution in [0.25, 0.3) is 16.8 Å². The van der Waals surface area contributed by atoms with Crippen LogP contribution < -0.4 is 4.74 Å². The highest BCUT2D eigenvalue weighted by Crippen LogP contribution is 2.36. The van der Waals surface area contributed by atoms with Crippen molar-refractivity contribution < 1.29 is 19.2 Å². The number of hydrogen-bond acceptors (Lipinski definition) is 6. The molecule has 37 heavy (non-hydrogen) atoms. The van der Waals surface area contributed by atoms with Gasteiger partial charge in [0.05, 0.1) is 21.9 Å². The zero-order chi connectivity index (χ0) is 25.9. The van der Waals surface area contributed by atoms with E-state index in [2.05, 4.69) is 15.9 Å². The lowest BCUT2D eigenvalue weighted by molar-refractivity contribution is -0.385. The van der Waals surface area contributed by atoms with Gasteiger partial charge in [-0.2, -0.15) is 0 Å². The molecule has 0 unspecified atom stereocenters. The van der Waals surface area contributed by atoms with Gasteiger partial charge in [-0.25, -0.2) is 0 Å². The third-order valence-corrected chi connectivity index (χ3v) is 7.31. The molecule has 5 rings (SSSR count). The van der Waals surface area contributed by atoms with Crippen LogP contribution in [-0.4, -0.2) is 21.0 Å². The zero-order valence-corrected chi connectivity index (χ0v) is 21.7. The normalized spacial score (nSPS) is 14.5. The minimum Gasteiger partial charge on any atom is -0.488 e. The number of nitro benzene ring substituents is 1. The van der Waals surface area contributed by atoms with E-state index < -0.39 is 4.92 Å². The van der Waals surface area contributed by atoms with E-state index in [-0.39, 0.29) is 34.9 Å². The van der Waals surface area contributed by atoms with Crippen molar-refractivity contribution in [1.29, 1.82) is 0 Å². The summed E-state index contributed by atoms with van der Waals surface area (Å²) >= 11 is 4.31. The van der Waals surface area contributed by atoms with Gasteiger partial charge in [0.1, 0.15) is 12.4 Å². The number of carbonyl (C=O) groups is 2. The quantitative estimate of drug-likeness (QED) is 0.130. The third kappa shape index (κ3) is 5.28. The fourth-order valence-electron chi connectivity index (χ4n) is 4.11. The minimum atomic E-state index is -0.451. The second kappa shape index (κ2) is 10.6. The van der Waals surface area contributed by atoms with Crippen LogP contribution in [-0.2, 0) is 17.9 Å². The van der Waals surface area contributed by atoms with Crippen molar-refractivity contribution in [3.05, 3.63) is 121 Å². The number of thioether (sulfide) groups is 1. The summed E-state index contributed by atoms with van der Waals surface area (Å²) in [6.07, 6.45) is 1.62. The predicted octanol–water partition coefficient (Wildman–Crippen LogP) is 7.33. The summed E-state index contributed by atoms with van der Waals surface area (Å²) in [6.45, 7) is 0.144. The van der Waals surface area contributed by atoms with Crippen molar-refractivity contribution in [2.45, 2.75) is 13.2 Å². The molecule has 9 heteroatoms. The number of nitrogens with zero attached hydrogens (tertiary/aromatic N) is 2. The highest BCUT2D eigenvalue weighted by Gasteiger charge is 2.35. The average molecular weight is 575 g/mol. The number of halogens is 1. The number of amides is 2. The van der Waals surface area contributed by atoms with E-state index in [0.29, 0.717) is 16.9 Å². The van der Waals surface area contributed by atoms with Crippen LogP contribution in [0.5, 0.6) is 5.75 Å². The molecule has 0 N–H and O–H groups in total. The molecule has 0 atom stereocenters. The van der Waals surface area contributed by atoms with Crippen LogP contribution in [0.15, 0.2) is 94.3 Å². The molecule has 0 bridgehead atoms. The molecule has 1 heterocycles. The fourth-order valence-corrected chi connectivity index (χ4v) is 5.32. The van der Waals surface area contributed by atoms with Crippen LogP contribution in [0, 0.1) is 10.1 Å².